The van der Waals surface area contributed by atoms with Gasteiger partial charge in [-0.1, -0.05) is 19.8 Å². The minimum absolute atomic E-state index is 0.0813. The van der Waals surface area contributed by atoms with Gasteiger partial charge in [-0.25, -0.2) is 14.8 Å². The van der Waals surface area contributed by atoms with Crippen molar-refractivity contribution in [3.05, 3.63) is 16.1 Å². The van der Waals surface area contributed by atoms with E-state index in [-0.39, 0.29) is 6.04 Å². The number of unbranched alkanes of at least 4 members (excludes halogenated alkanes) is 1. The van der Waals surface area contributed by atoms with E-state index in [4.69, 9.17) is 4.74 Å². The summed E-state index contributed by atoms with van der Waals surface area (Å²) in [7, 11) is 0. The van der Waals surface area contributed by atoms with Crippen LogP contribution in [0.25, 0.3) is 0 Å². The molecule has 0 aromatic carbocycles. The molecule has 0 radical (unpaired) electrons. The van der Waals surface area contributed by atoms with E-state index in [1.165, 1.54) is 0 Å². The van der Waals surface area contributed by atoms with Crippen LogP contribution in [0.4, 0.5) is 4.79 Å². The minimum Gasteiger partial charge on any atom is -0.444 e. The molecule has 0 aliphatic heterocycles. The van der Waals surface area contributed by atoms with Gasteiger partial charge < -0.3 is 20.7 Å². The van der Waals surface area contributed by atoms with Crippen molar-refractivity contribution >= 4 is 23.4 Å². The fourth-order valence-corrected chi connectivity index (χ4v) is 3.04. The van der Waals surface area contributed by atoms with Crippen LogP contribution in [0.5, 0.6) is 0 Å². The lowest BCUT2D eigenvalue weighted by atomic mass is 10.1. The molecule has 1 atom stereocenters. The highest BCUT2D eigenvalue weighted by Crippen LogP contribution is 2.13. The molecule has 1 unspecified atom stereocenters. The van der Waals surface area contributed by atoms with Crippen LogP contribution in [-0.4, -0.2) is 41.8 Å². The van der Waals surface area contributed by atoms with Gasteiger partial charge in [0, 0.05) is 24.0 Å². The summed E-state index contributed by atoms with van der Waals surface area (Å²) in [5, 5.41) is 9.58. The second kappa shape index (κ2) is 11.8. The Morgan fingerprint density at radius 1 is 1.33 bits per heavy atom. The van der Waals surface area contributed by atoms with E-state index in [2.05, 4.69) is 32.9 Å². The quantitative estimate of drug-likeness (QED) is 0.438. The molecule has 1 amide bonds. The average Bonchev–Trinajstić information content (AvgIpc) is 2.98. The fraction of sp³-hybridized carbons (Fsp3) is 0.737. The van der Waals surface area contributed by atoms with Crippen LogP contribution in [0.3, 0.4) is 0 Å². The van der Waals surface area contributed by atoms with Crippen LogP contribution >= 0.6 is 11.3 Å². The molecule has 1 heterocycles. The molecule has 1 aromatic rings. The highest BCUT2D eigenvalue weighted by molar-refractivity contribution is 7.09. The third-order valence-corrected chi connectivity index (χ3v) is 4.63. The molecule has 8 heteroatoms. The van der Waals surface area contributed by atoms with Gasteiger partial charge >= 0.3 is 6.09 Å². The number of aryl methyl sites for hydroxylation is 1. The summed E-state index contributed by atoms with van der Waals surface area (Å²) < 4.78 is 5.33. The number of carbonyl (C=O) groups excluding carboxylic acids is 1. The molecule has 0 saturated heterocycles. The Labute approximate surface area is 167 Å². The molecule has 7 nitrogen and oxygen atoms in total. The van der Waals surface area contributed by atoms with Crippen molar-refractivity contribution in [2.45, 2.75) is 79.0 Å². The molecule has 154 valence electrons. The van der Waals surface area contributed by atoms with Gasteiger partial charge in [-0.3, -0.25) is 0 Å². The first-order valence-electron chi connectivity index (χ1n) is 9.65. The normalized spacial score (nSPS) is 13.2. The highest BCUT2D eigenvalue weighted by Gasteiger charge is 2.18. The largest absolute Gasteiger partial charge is 0.444 e. The number of aromatic nitrogens is 1. The fourth-order valence-electron chi connectivity index (χ4n) is 2.34. The Bertz CT molecular complexity index is 595. The molecule has 0 aliphatic carbocycles. The zero-order valence-corrected chi connectivity index (χ0v) is 18.3. The van der Waals surface area contributed by atoms with Crippen LogP contribution in [-0.2, 0) is 11.3 Å². The van der Waals surface area contributed by atoms with Gasteiger partial charge in [0.25, 0.3) is 0 Å². The number of aliphatic imine (C=N–C) groups is 1. The van der Waals surface area contributed by atoms with E-state index < -0.39 is 11.7 Å². The van der Waals surface area contributed by atoms with E-state index in [1.807, 2.05) is 40.1 Å². The molecule has 27 heavy (non-hydrogen) atoms. The standard InChI is InChI=1S/C19H35N5O2S/c1-7-9-10-15(11-22-18(25)26-19(4,5)6)24-17(20-8-2)21-12-16-14(3)23-13-27-16/h13,15H,7-12H2,1-6H3,(H,22,25)(H2,20,21,24). The molecule has 0 fully saturated rings. The lowest BCUT2D eigenvalue weighted by molar-refractivity contribution is 0.0523. The lowest BCUT2D eigenvalue weighted by Gasteiger charge is -2.24. The van der Waals surface area contributed by atoms with Gasteiger partial charge in [0.1, 0.15) is 5.60 Å². The second-order valence-corrected chi connectivity index (χ2v) is 8.36. The summed E-state index contributed by atoms with van der Waals surface area (Å²) in [6.07, 6.45) is 2.71. The number of rotatable bonds is 9. The minimum atomic E-state index is -0.501. The zero-order valence-electron chi connectivity index (χ0n) is 17.5. The van der Waals surface area contributed by atoms with Gasteiger partial charge in [-0.05, 0) is 41.0 Å². The first kappa shape index (κ1) is 23.2. The van der Waals surface area contributed by atoms with Crippen molar-refractivity contribution < 1.29 is 9.53 Å². The Kier molecular flexibility index (Phi) is 10.1. The molecule has 1 aromatic heterocycles. The van der Waals surface area contributed by atoms with Crippen molar-refractivity contribution in [1.82, 2.24) is 20.9 Å². The summed E-state index contributed by atoms with van der Waals surface area (Å²) >= 11 is 1.61. The molecule has 0 aliphatic rings. The summed E-state index contributed by atoms with van der Waals surface area (Å²) in [6, 6.07) is 0.0813. The number of nitrogens with one attached hydrogen (secondary N) is 3. The maximum atomic E-state index is 12.0. The predicted molar refractivity (Wildman–Crippen MR) is 112 cm³/mol. The van der Waals surface area contributed by atoms with E-state index in [0.29, 0.717) is 13.1 Å². The summed E-state index contributed by atoms with van der Waals surface area (Å²) in [6.45, 7) is 13.6. The van der Waals surface area contributed by atoms with E-state index in [0.717, 1.165) is 42.3 Å². The Hall–Kier alpha value is -1.83. The van der Waals surface area contributed by atoms with Crippen molar-refractivity contribution in [3.8, 4) is 0 Å². The van der Waals surface area contributed by atoms with Crippen LogP contribution in [0, 0.1) is 6.92 Å². The topological polar surface area (TPSA) is 87.6 Å². The number of thiazole rings is 1. The third kappa shape index (κ3) is 10.2. The number of ether oxygens (including phenoxy) is 1. The third-order valence-electron chi connectivity index (χ3n) is 3.71. The highest BCUT2D eigenvalue weighted by atomic mass is 32.1. The smallest absolute Gasteiger partial charge is 0.407 e. The van der Waals surface area contributed by atoms with Gasteiger partial charge in [0.05, 0.1) is 17.7 Å². The van der Waals surface area contributed by atoms with Crippen molar-refractivity contribution in [2.24, 2.45) is 4.99 Å². The molecule has 3 N–H and O–H groups in total. The summed E-state index contributed by atoms with van der Waals surface area (Å²) in [5.41, 5.74) is 2.36. The molecule has 0 saturated carbocycles. The Morgan fingerprint density at radius 2 is 2.07 bits per heavy atom. The molecule has 0 spiro atoms. The van der Waals surface area contributed by atoms with Crippen molar-refractivity contribution in [3.63, 3.8) is 0 Å². The van der Waals surface area contributed by atoms with Crippen LogP contribution in [0.1, 0.15) is 64.5 Å². The van der Waals surface area contributed by atoms with E-state index >= 15 is 0 Å². The predicted octanol–water partition coefficient (Wildman–Crippen LogP) is 3.59. The molecule has 1 rings (SSSR count). The van der Waals surface area contributed by atoms with Gasteiger partial charge in [0.2, 0.25) is 0 Å². The van der Waals surface area contributed by atoms with Crippen LogP contribution < -0.4 is 16.0 Å². The number of amides is 1. The van der Waals surface area contributed by atoms with Crippen molar-refractivity contribution in [1.29, 1.82) is 0 Å². The first-order chi connectivity index (χ1) is 12.7. The second-order valence-electron chi connectivity index (χ2n) is 7.42. The first-order valence-corrected chi connectivity index (χ1v) is 10.5. The maximum Gasteiger partial charge on any atom is 0.407 e. The SMILES string of the molecule is CCCCC(CNC(=O)OC(C)(C)C)NC(=NCc1scnc1C)NCC. The monoisotopic (exact) mass is 397 g/mol. The lowest BCUT2D eigenvalue weighted by Crippen LogP contribution is -2.49. The molecular weight excluding hydrogens is 362 g/mol. The van der Waals surface area contributed by atoms with Gasteiger partial charge in [0.15, 0.2) is 5.96 Å². The summed E-state index contributed by atoms with van der Waals surface area (Å²) in [4.78, 5) is 22.1. The number of alkyl carbamates (subject to hydrolysis) is 1. The number of nitrogens with zero attached hydrogens (tertiary/aromatic N) is 2. The zero-order chi connectivity index (χ0) is 20.3. The van der Waals surface area contributed by atoms with Crippen LogP contribution in [0.2, 0.25) is 0 Å². The van der Waals surface area contributed by atoms with E-state index in [1.54, 1.807) is 11.3 Å². The van der Waals surface area contributed by atoms with E-state index in [9.17, 15) is 4.79 Å². The maximum absolute atomic E-state index is 12.0. The average molecular weight is 398 g/mol. The number of guanidine groups is 1. The Morgan fingerprint density at radius 3 is 2.63 bits per heavy atom. The molecule has 0 bridgehead atoms. The number of carbonyl (C=O) groups is 1. The molecular formula is C19H35N5O2S. The summed E-state index contributed by atoms with van der Waals surface area (Å²) in [5.74, 6) is 0.748. The number of hydrogen-bond acceptors (Lipinski definition) is 5. The Balaban J connectivity index is 2.68. The van der Waals surface area contributed by atoms with Gasteiger partial charge in [-0.15, -0.1) is 11.3 Å². The number of hydrogen-bond donors (Lipinski definition) is 3. The van der Waals surface area contributed by atoms with Crippen molar-refractivity contribution in [2.75, 3.05) is 13.1 Å². The van der Waals surface area contributed by atoms with Gasteiger partial charge in [-0.2, -0.15) is 0 Å². The van der Waals surface area contributed by atoms with Crippen LogP contribution in [0.15, 0.2) is 10.5 Å².